The van der Waals surface area contributed by atoms with E-state index in [2.05, 4.69) is 11.1 Å². The lowest BCUT2D eigenvalue weighted by molar-refractivity contribution is -0.137. The van der Waals surface area contributed by atoms with Gasteiger partial charge in [0.2, 0.25) is 0 Å². The molecule has 1 heterocycles. The lowest BCUT2D eigenvalue weighted by Gasteiger charge is -2.05. The van der Waals surface area contributed by atoms with Crippen LogP contribution < -0.4 is 0 Å². The predicted molar refractivity (Wildman–Crippen MR) is 76.9 cm³/mol. The van der Waals surface area contributed by atoms with Gasteiger partial charge in [0.05, 0.1) is 12.1 Å². The molecule has 0 N–H and O–H groups in total. The molecule has 0 bridgehead atoms. The molecule has 1 aromatic carbocycles. The Bertz CT molecular complexity index is 644. The van der Waals surface area contributed by atoms with E-state index in [1.54, 1.807) is 13.0 Å². The first-order chi connectivity index (χ1) is 9.10. The van der Waals surface area contributed by atoms with Crippen LogP contribution in [0.2, 0.25) is 0 Å². The monoisotopic (exact) mass is 255 g/mol. The molecule has 0 unspecified atom stereocenters. The lowest BCUT2D eigenvalue weighted by atomic mass is 10.0. The standard InChI is InChI=1S/C16H17NO2/c1-4-19-15(18)8-7-14-10-11(2)9-13-6-5-12(3)17-16(13)14/h5-10H,4H2,1-3H3/b8-7+. The minimum absolute atomic E-state index is 0.329. The highest BCUT2D eigenvalue weighted by Gasteiger charge is 2.03. The zero-order chi connectivity index (χ0) is 13.8. The van der Waals surface area contributed by atoms with Gasteiger partial charge in [0.15, 0.2) is 0 Å². The number of carbonyl (C=O) groups excluding carboxylic acids is 1. The summed E-state index contributed by atoms with van der Waals surface area (Å²) in [6, 6.07) is 8.14. The van der Waals surface area contributed by atoms with Gasteiger partial charge in [0.25, 0.3) is 0 Å². The summed E-state index contributed by atoms with van der Waals surface area (Å²) in [4.78, 5) is 15.9. The Labute approximate surface area is 112 Å². The molecule has 2 aromatic rings. The Morgan fingerprint density at radius 2 is 2.11 bits per heavy atom. The Hall–Kier alpha value is -2.16. The summed E-state index contributed by atoms with van der Waals surface area (Å²) in [5.74, 6) is -0.329. The second-order valence-corrected chi connectivity index (χ2v) is 4.46. The van der Waals surface area contributed by atoms with E-state index in [0.717, 1.165) is 27.7 Å². The number of esters is 1. The summed E-state index contributed by atoms with van der Waals surface area (Å²) in [6.07, 6.45) is 3.21. The Kier molecular flexibility index (Phi) is 3.95. The van der Waals surface area contributed by atoms with Gasteiger partial charge in [-0.05, 0) is 50.6 Å². The maximum absolute atomic E-state index is 11.4. The Balaban J connectivity index is 2.46. The average molecular weight is 255 g/mol. The van der Waals surface area contributed by atoms with Crippen molar-refractivity contribution in [3.05, 3.63) is 47.2 Å². The third-order valence-corrected chi connectivity index (χ3v) is 2.79. The van der Waals surface area contributed by atoms with Gasteiger partial charge in [-0.25, -0.2) is 4.79 Å². The molecule has 3 nitrogen and oxygen atoms in total. The first kappa shape index (κ1) is 13.3. The van der Waals surface area contributed by atoms with E-state index in [0.29, 0.717) is 6.61 Å². The number of hydrogen-bond acceptors (Lipinski definition) is 3. The van der Waals surface area contributed by atoms with Crippen LogP contribution in [0.4, 0.5) is 0 Å². The molecule has 0 saturated heterocycles. The van der Waals surface area contributed by atoms with Gasteiger partial charge in [-0.3, -0.25) is 4.98 Å². The van der Waals surface area contributed by atoms with E-state index in [-0.39, 0.29) is 5.97 Å². The quantitative estimate of drug-likeness (QED) is 0.623. The second kappa shape index (κ2) is 5.65. The van der Waals surface area contributed by atoms with Gasteiger partial charge in [0.1, 0.15) is 0 Å². The van der Waals surface area contributed by atoms with E-state index in [9.17, 15) is 4.79 Å². The SMILES string of the molecule is CCOC(=O)/C=C/c1cc(C)cc2ccc(C)nc12. The summed E-state index contributed by atoms with van der Waals surface area (Å²) in [7, 11) is 0. The van der Waals surface area contributed by atoms with Crippen LogP contribution in [0.3, 0.4) is 0 Å². The molecule has 0 fully saturated rings. The van der Waals surface area contributed by atoms with Crippen LogP contribution in [0, 0.1) is 13.8 Å². The van der Waals surface area contributed by atoms with Crippen LogP contribution >= 0.6 is 0 Å². The van der Waals surface area contributed by atoms with E-state index in [4.69, 9.17) is 4.74 Å². The molecule has 0 aliphatic heterocycles. The van der Waals surface area contributed by atoms with Gasteiger partial charge in [-0.15, -0.1) is 0 Å². The fourth-order valence-corrected chi connectivity index (χ4v) is 1.99. The van der Waals surface area contributed by atoms with Gasteiger partial charge in [0, 0.05) is 22.7 Å². The third-order valence-electron chi connectivity index (χ3n) is 2.79. The number of nitrogens with zero attached hydrogens (tertiary/aromatic N) is 1. The molecule has 0 atom stereocenters. The molecule has 0 spiro atoms. The molecule has 19 heavy (non-hydrogen) atoms. The molecule has 0 aliphatic rings. The number of ether oxygens (including phenoxy) is 1. The van der Waals surface area contributed by atoms with E-state index < -0.39 is 0 Å². The van der Waals surface area contributed by atoms with E-state index in [1.807, 2.05) is 32.0 Å². The maximum Gasteiger partial charge on any atom is 0.330 e. The highest BCUT2D eigenvalue weighted by molar-refractivity contribution is 5.93. The number of carbonyl (C=O) groups is 1. The molecular formula is C16H17NO2. The van der Waals surface area contributed by atoms with Crippen LogP contribution in [0.15, 0.2) is 30.3 Å². The number of benzene rings is 1. The number of pyridine rings is 1. The molecule has 0 saturated carbocycles. The van der Waals surface area contributed by atoms with Gasteiger partial charge in [-0.2, -0.15) is 0 Å². The summed E-state index contributed by atoms with van der Waals surface area (Å²) < 4.78 is 4.88. The molecule has 0 amide bonds. The molecule has 98 valence electrons. The number of aryl methyl sites for hydroxylation is 2. The molecular weight excluding hydrogens is 238 g/mol. The van der Waals surface area contributed by atoms with Gasteiger partial charge >= 0.3 is 5.97 Å². The van der Waals surface area contributed by atoms with Gasteiger partial charge < -0.3 is 4.74 Å². The first-order valence-electron chi connectivity index (χ1n) is 6.33. The first-order valence-corrected chi connectivity index (χ1v) is 6.33. The van der Waals surface area contributed by atoms with E-state index in [1.165, 1.54) is 6.08 Å². The lowest BCUT2D eigenvalue weighted by Crippen LogP contribution is -1.98. The minimum Gasteiger partial charge on any atom is -0.463 e. The summed E-state index contributed by atoms with van der Waals surface area (Å²) in [6.45, 7) is 6.16. The fraction of sp³-hybridized carbons (Fsp3) is 0.250. The van der Waals surface area contributed by atoms with Crippen LogP contribution in [-0.4, -0.2) is 17.6 Å². The topological polar surface area (TPSA) is 39.2 Å². The number of rotatable bonds is 3. The van der Waals surface area contributed by atoms with Crippen molar-refractivity contribution in [3.63, 3.8) is 0 Å². The van der Waals surface area contributed by atoms with Crippen LogP contribution in [-0.2, 0) is 9.53 Å². The zero-order valence-electron chi connectivity index (χ0n) is 11.4. The van der Waals surface area contributed by atoms with Crippen molar-refractivity contribution < 1.29 is 9.53 Å². The highest BCUT2D eigenvalue weighted by atomic mass is 16.5. The average Bonchev–Trinajstić information content (AvgIpc) is 2.37. The molecule has 1 aromatic heterocycles. The Morgan fingerprint density at radius 3 is 2.84 bits per heavy atom. The third kappa shape index (κ3) is 3.19. The zero-order valence-corrected chi connectivity index (χ0v) is 11.4. The normalized spacial score (nSPS) is 11.1. The maximum atomic E-state index is 11.4. The number of aromatic nitrogens is 1. The smallest absolute Gasteiger partial charge is 0.330 e. The minimum atomic E-state index is -0.329. The van der Waals surface area contributed by atoms with Crippen molar-refractivity contribution in [2.75, 3.05) is 6.61 Å². The number of hydrogen-bond donors (Lipinski definition) is 0. The molecule has 2 rings (SSSR count). The van der Waals surface area contributed by atoms with Crippen molar-refractivity contribution >= 4 is 22.9 Å². The number of fused-ring (bicyclic) bond motifs is 1. The van der Waals surface area contributed by atoms with Crippen molar-refractivity contribution in [1.29, 1.82) is 0 Å². The van der Waals surface area contributed by atoms with Crippen molar-refractivity contribution in [3.8, 4) is 0 Å². The molecule has 0 aliphatic carbocycles. The van der Waals surface area contributed by atoms with E-state index >= 15 is 0 Å². The van der Waals surface area contributed by atoms with Gasteiger partial charge in [-0.1, -0.05) is 6.07 Å². The predicted octanol–water partition coefficient (Wildman–Crippen LogP) is 3.43. The second-order valence-electron chi connectivity index (χ2n) is 4.46. The van der Waals surface area contributed by atoms with Crippen LogP contribution in [0.5, 0.6) is 0 Å². The fourth-order valence-electron chi connectivity index (χ4n) is 1.99. The molecule has 0 radical (unpaired) electrons. The van der Waals surface area contributed by atoms with Crippen molar-refractivity contribution in [1.82, 2.24) is 4.98 Å². The van der Waals surface area contributed by atoms with Crippen LogP contribution in [0.25, 0.3) is 17.0 Å². The Morgan fingerprint density at radius 1 is 1.32 bits per heavy atom. The summed E-state index contributed by atoms with van der Waals surface area (Å²) >= 11 is 0. The summed E-state index contributed by atoms with van der Waals surface area (Å²) in [5.41, 5.74) is 3.95. The van der Waals surface area contributed by atoms with Crippen molar-refractivity contribution in [2.45, 2.75) is 20.8 Å². The van der Waals surface area contributed by atoms with Crippen LogP contribution in [0.1, 0.15) is 23.7 Å². The van der Waals surface area contributed by atoms with Crippen molar-refractivity contribution in [2.24, 2.45) is 0 Å². The highest BCUT2D eigenvalue weighted by Crippen LogP contribution is 2.21. The largest absolute Gasteiger partial charge is 0.463 e. The molecule has 3 heteroatoms. The summed E-state index contributed by atoms with van der Waals surface area (Å²) in [5, 5.41) is 1.08.